The van der Waals surface area contributed by atoms with E-state index in [9.17, 15) is 10.0 Å². The SMILES string of the molecule is COCCOCc1ccc(OC)c(B(O)O)c1. The van der Waals surface area contributed by atoms with E-state index in [0.717, 1.165) is 5.56 Å². The summed E-state index contributed by atoms with van der Waals surface area (Å²) in [5, 5.41) is 18.4. The van der Waals surface area contributed by atoms with E-state index in [1.54, 1.807) is 19.2 Å². The van der Waals surface area contributed by atoms with E-state index in [1.165, 1.54) is 7.11 Å². The van der Waals surface area contributed by atoms with Crippen molar-refractivity contribution in [3.8, 4) is 5.75 Å². The second-order valence-corrected chi connectivity index (χ2v) is 3.50. The Bertz CT molecular complexity index is 343. The highest BCUT2D eigenvalue weighted by Crippen LogP contribution is 2.10. The lowest BCUT2D eigenvalue weighted by molar-refractivity contribution is 0.0617. The fraction of sp³-hybridized carbons (Fsp3) is 0.455. The molecule has 6 heteroatoms. The van der Waals surface area contributed by atoms with Crippen molar-refractivity contribution in [3.63, 3.8) is 0 Å². The second-order valence-electron chi connectivity index (χ2n) is 3.50. The van der Waals surface area contributed by atoms with Gasteiger partial charge in [0.25, 0.3) is 0 Å². The summed E-state index contributed by atoms with van der Waals surface area (Å²) >= 11 is 0. The molecule has 0 aliphatic carbocycles. The molecule has 0 saturated carbocycles. The predicted octanol–water partition coefficient (Wildman–Crippen LogP) is -0.462. The van der Waals surface area contributed by atoms with Gasteiger partial charge in [-0.25, -0.2) is 0 Å². The molecule has 0 spiro atoms. The van der Waals surface area contributed by atoms with Crippen molar-refractivity contribution in [2.24, 2.45) is 0 Å². The highest BCUT2D eigenvalue weighted by molar-refractivity contribution is 6.59. The Morgan fingerprint density at radius 1 is 1.18 bits per heavy atom. The predicted molar refractivity (Wildman–Crippen MR) is 64.4 cm³/mol. The van der Waals surface area contributed by atoms with Crippen LogP contribution in [0.5, 0.6) is 5.75 Å². The molecule has 0 aliphatic heterocycles. The second kappa shape index (κ2) is 7.29. The fourth-order valence-electron chi connectivity index (χ4n) is 1.41. The minimum absolute atomic E-state index is 0.334. The summed E-state index contributed by atoms with van der Waals surface area (Å²) in [6.45, 7) is 1.43. The lowest BCUT2D eigenvalue weighted by Crippen LogP contribution is -2.31. The summed E-state index contributed by atoms with van der Waals surface area (Å²) in [6, 6.07) is 5.15. The van der Waals surface area contributed by atoms with Crippen LogP contribution in [0.2, 0.25) is 0 Å². The monoisotopic (exact) mass is 240 g/mol. The summed E-state index contributed by atoms with van der Waals surface area (Å²) in [5.74, 6) is 0.445. The molecule has 0 heterocycles. The molecule has 1 rings (SSSR count). The van der Waals surface area contributed by atoms with Gasteiger partial charge in [0, 0.05) is 12.6 Å². The third kappa shape index (κ3) is 4.36. The molecule has 1 aromatic rings. The molecule has 0 aromatic heterocycles. The van der Waals surface area contributed by atoms with Crippen LogP contribution in [0.25, 0.3) is 0 Å². The van der Waals surface area contributed by atoms with Gasteiger partial charge in [-0.15, -0.1) is 0 Å². The molecule has 94 valence electrons. The molecular formula is C11H17BO5. The Hall–Kier alpha value is -1.08. The van der Waals surface area contributed by atoms with Gasteiger partial charge in [0.15, 0.2) is 0 Å². The number of hydrogen-bond donors (Lipinski definition) is 2. The zero-order chi connectivity index (χ0) is 12.7. The van der Waals surface area contributed by atoms with Crippen LogP contribution >= 0.6 is 0 Å². The van der Waals surface area contributed by atoms with Crippen LogP contribution in [-0.2, 0) is 16.1 Å². The van der Waals surface area contributed by atoms with Gasteiger partial charge in [0.1, 0.15) is 5.75 Å². The van der Waals surface area contributed by atoms with Crippen LogP contribution in [-0.4, -0.2) is 44.6 Å². The van der Waals surface area contributed by atoms with Crippen LogP contribution in [0.3, 0.4) is 0 Å². The number of rotatable bonds is 7. The Morgan fingerprint density at radius 3 is 2.53 bits per heavy atom. The standard InChI is InChI=1S/C11H17BO5/c1-15-5-6-17-8-9-3-4-11(16-2)10(7-9)12(13)14/h3-4,7,13-14H,5-6,8H2,1-2H3. The minimum Gasteiger partial charge on any atom is -0.497 e. The van der Waals surface area contributed by atoms with Crippen LogP contribution < -0.4 is 10.2 Å². The Morgan fingerprint density at radius 2 is 1.94 bits per heavy atom. The van der Waals surface area contributed by atoms with Crippen molar-refractivity contribution < 1.29 is 24.3 Å². The van der Waals surface area contributed by atoms with Gasteiger partial charge < -0.3 is 24.3 Å². The molecule has 0 unspecified atom stereocenters. The van der Waals surface area contributed by atoms with Crippen molar-refractivity contribution in [3.05, 3.63) is 23.8 Å². The van der Waals surface area contributed by atoms with Gasteiger partial charge in [-0.2, -0.15) is 0 Å². The zero-order valence-electron chi connectivity index (χ0n) is 10.0. The van der Waals surface area contributed by atoms with Crippen molar-refractivity contribution in [2.75, 3.05) is 27.4 Å². The van der Waals surface area contributed by atoms with E-state index >= 15 is 0 Å². The Balaban J connectivity index is 2.64. The normalized spacial score (nSPS) is 10.4. The topological polar surface area (TPSA) is 68.2 Å². The Labute approximate surface area is 101 Å². The number of hydrogen-bond acceptors (Lipinski definition) is 5. The van der Waals surface area contributed by atoms with Gasteiger partial charge in [-0.1, -0.05) is 12.1 Å². The van der Waals surface area contributed by atoms with E-state index in [4.69, 9.17) is 14.2 Å². The quantitative estimate of drug-likeness (QED) is 0.498. The number of ether oxygens (including phenoxy) is 3. The zero-order valence-corrected chi connectivity index (χ0v) is 10.0. The number of methoxy groups -OCH3 is 2. The molecule has 0 amide bonds. The summed E-state index contributed by atoms with van der Waals surface area (Å²) in [4.78, 5) is 0. The van der Waals surface area contributed by atoms with E-state index in [0.29, 0.717) is 31.0 Å². The summed E-state index contributed by atoms with van der Waals surface area (Å²) < 4.78 is 15.2. The molecule has 0 aliphatic rings. The molecule has 5 nitrogen and oxygen atoms in total. The molecule has 1 aromatic carbocycles. The van der Waals surface area contributed by atoms with Gasteiger partial charge in [-0.3, -0.25) is 0 Å². The summed E-state index contributed by atoms with van der Waals surface area (Å²) in [5.41, 5.74) is 1.19. The molecule has 17 heavy (non-hydrogen) atoms. The van der Waals surface area contributed by atoms with Crippen molar-refractivity contribution in [1.82, 2.24) is 0 Å². The largest absolute Gasteiger partial charge is 0.497 e. The van der Waals surface area contributed by atoms with Crippen molar-refractivity contribution in [1.29, 1.82) is 0 Å². The van der Waals surface area contributed by atoms with E-state index in [-0.39, 0.29) is 0 Å². The van der Waals surface area contributed by atoms with E-state index in [1.807, 2.05) is 6.07 Å². The lowest BCUT2D eigenvalue weighted by atomic mass is 9.79. The molecule has 2 N–H and O–H groups in total. The Kier molecular flexibility index (Phi) is 6.00. The van der Waals surface area contributed by atoms with Crippen LogP contribution in [0.4, 0.5) is 0 Å². The average molecular weight is 240 g/mol. The molecule has 0 radical (unpaired) electrons. The van der Waals surface area contributed by atoms with E-state index in [2.05, 4.69) is 0 Å². The lowest BCUT2D eigenvalue weighted by Gasteiger charge is -2.10. The molecule has 0 saturated heterocycles. The first-order valence-electron chi connectivity index (χ1n) is 5.28. The third-order valence-electron chi connectivity index (χ3n) is 2.27. The summed E-state index contributed by atoms with van der Waals surface area (Å²) in [6.07, 6.45) is 0. The first-order valence-corrected chi connectivity index (χ1v) is 5.28. The van der Waals surface area contributed by atoms with Crippen molar-refractivity contribution in [2.45, 2.75) is 6.61 Å². The third-order valence-corrected chi connectivity index (χ3v) is 2.27. The van der Waals surface area contributed by atoms with Gasteiger partial charge in [-0.05, 0) is 11.6 Å². The van der Waals surface area contributed by atoms with Gasteiger partial charge >= 0.3 is 7.12 Å². The van der Waals surface area contributed by atoms with Crippen LogP contribution in [0.15, 0.2) is 18.2 Å². The van der Waals surface area contributed by atoms with Gasteiger partial charge in [0.05, 0.1) is 26.9 Å². The van der Waals surface area contributed by atoms with Crippen LogP contribution in [0, 0.1) is 0 Å². The maximum Gasteiger partial charge on any atom is 0.492 e. The highest BCUT2D eigenvalue weighted by Gasteiger charge is 2.17. The van der Waals surface area contributed by atoms with Crippen molar-refractivity contribution >= 4 is 12.6 Å². The smallest absolute Gasteiger partial charge is 0.492 e. The maximum absolute atomic E-state index is 9.18. The molecule has 0 atom stereocenters. The minimum atomic E-state index is -1.55. The first-order chi connectivity index (χ1) is 8.19. The maximum atomic E-state index is 9.18. The molecule has 0 bridgehead atoms. The van der Waals surface area contributed by atoms with Gasteiger partial charge in [0.2, 0.25) is 0 Å². The summed E-state index contributed by atoms with van der Waals surface area (Å²) in [7, 11) is 1.54. The number of benzene rings is 1. The van der Waals surface area contributed by atoms with E-state index < -0.39 is 7.12 Å². The molecular weight excluding hydrogens is 223 g/mol. The first kappa shape index (κ1) is 14.0. The average Bonchev–Trinajstić information content (AvgIpc) is 2.34. The highest BCUT2D eigenvalue weighted by atomic mass is 16.5. The van der Waals surface area contributed by atoms with Crippen LogP contribution in [0.1, 0.15) is 5.56 Å². The fourth-order valence-corrected chi connectivity index (χ4v) is 1.41. The molecule has 0 fully saturated rings.